The van der Waals surface area contributed by atoms with Gasteiger partial charge in [0.15, 0.2) is 0 Å². The van der Waals surface area contributed by atoms with E-state index in [4.69, 9.17) is 16.6 Å². The normalized spacial score (nSPS) is 14.6. The number of anilines is 2. The maximum atomic E-state index is 13.3. The van der Waals surface area contributed by atoms with Gasteiger partial charge in [-0.15, -0.1) is 0 Å². The molecule has 2 amide bonds. The minimum atomic E-state index is -0.637. The van der Waals surface area contributed by atoms with Crippen molar-refractivity contribution in [1.29, 1.82) is 0 Å². The Hall–Kier alpha value is -4.81. The van der Waals surface area contributed by atoms with Crippen molar-refractivity contribution in [2.45, 2.75) is 18.9 Å². The second-order valence-electron chi connectivity index (χ2n) is 9.72. The maximum absolute atomic E-state index is 13.3. The number of hydrogen-bond acceptors (Lipinski definition) is 4. The summed E-state index contributed by atoms with van der Waals surface area (Å²) in [6.07, 6.45) is 4.05. The van der Waals surface area contributed by atoms with Gasteiger partial charge in [0.25, 0.3) is 0 Å². The van der Waals surface area contributed by atoms with Crippen molar-refractivity contribution in [2.24, 2.45) is 4.99 Å². The SMILES string of the molecule is O=C(Cc1ccncc1)Nc1ccc(C2=NC(Cc3ccc4ccccc4c3)C(=O)Nc3cc(Cl)ccc32)cc1. The van der Waals surface area contributed by atoms with Gasteiger partial charge in [-0.2, -0.15) is 0 Å². The topological polar surface area (TPSA) is 83.5 Å². The molecular weight excluding hydrogens is 520 g/mol. The smallest absolute Gasteiger partial charge is 0.249 e. The fourth-order valence-corrected chi connectivity index (χ4v) is 5.06. The van der Waals surface area contributed by atoms with Crippen LogP contribution in [-0.2, 0) is 22.4 Å². The van der Waals surface area contributed by atoms with Gasteiger partial charge in [0.1, 0.15) is 6.04 Å². The third-order valence-corrected chi connectivity index (χ3v) is 7.12. The van der Waals surface area contributed by atoms with Crippen LogP contribution in [0.1, 0.15) is 22.3 Å². The Labute approximate surface area is 236 Å². The first-order valence-electron chi connectivity index (χ1n) is 13.0. The van der Waals surface area contributed by atoms with Gasteiger partial charge in [-0.25, -0.2) is 0 Å². The average Bonchev–Trinajstić information content (AvgIpc) is 3.09. The highest BCUT2D eigenvalue weighted by Gasteiger charge is 2.26. The van der Waals surface area contributed by atoms with E-state index in [2.05, 4.69) is 39.9 Å². The van der Waals surface area contributed by atoms with Crippen LogP contribution in [0, 0.1) is 0 Å². The van der Waals surface area contributed by atoms with Gasteiger partial charge in [0, 0.05) is 40.7 Å². The molecule has 2 heterocycles. The zero-order chi connectivity index (χ0) is 27.5. The van der Waals surface area contributed by atoms with E-state index in [1.54, 1.807) is 24.5 Å². The molecule has 0 radical (unpaired) electrons. The van der Waals surface area contributed by atoms with Gasteiger partial charge in [-0.3, -0.25) is 19.6 Å². The molecule has 1 unspecified atom stereocenters. The third-order valence-electron chi connectivity index (χ3n) is 6.88. The molecule has 1 aliphatic heterocycles. The zero-order valence-corrected chi connectivity index (χ0v) is 22.2. The summed E-state index contributed by atoms with van der Waals surface area (Å²) in [5.74, 6) is -0.303. The number of benzene rings is 4. The van der Waals surface area contributed by atoms with Crippen molar-refractivity contribution in [1.82, 2.24) is 4.98 Å². The first kappa shape index (κ1) is 25.5. The molecular formula is C33H25ClN4O2. The standard InChI is InChI=1S/C33H25ClN4O2/c34-26-9-12-28-29(20-26)38-33(40)30(18-22-5-6-23-3-1-2-4-25(23)17-22)37-32(28)24-7-10-27(11-8-24)36-31(39)19-21-13-15-35-16-14-21/h1-17,20,30H,18-19H2,(H,36,39)(H,38,40). The fourth-order valence-electron chi connectivity index (χ4n) is 4.89. The number of carbonyl (C=O) groups is 2. The van der Waals surface area contributed by atoms with Gasteiger partial charge in [0.05, 0.1) is 17.8 Å². The predicted octanol–water partition coefficient (Wildman–Crippen LogP) is 6.47. The van der Waals surface area contributed by atoms with E-state index in [0.29, 0.717) is 28.5 Å². The van der Waals surface area contributed by atoms with E-state index in [0.717, 1.165) is 33.0 Å². The third kappa shape index (κ3) is 5.63. The Bertz CT molecular complexity index is 1750. The number of hydrogen-bond donors (Lipinski definition) is 2. The molecule has 40 heavy (non-hydrogen) atoms. The van der Waals surface area contributed by atoms with Crippen LogP contribution in [0.15, 0.2) is 114 Å². The highest BCUT2D eigenvalue weighted by atomic mass is 35.5. The lowest BCUT2D eigenvalue weighted by Crippen LogP contribution is -2.27. The second kappa shape index (κ2) is 11.1. The summed E-state index contributed by atoms with van der Waals surface area (Å²) in [6, 6.07) is 30.3. The van der Waals surface area contributed by atoms with E-state index in [1.165, 1.54) is 0 Å². The molecule has 0 saturated carbocycles. The zero-order valence-electron chi connectivity index (χ0n) is 21.5. The molecule has 1 atom stereocenters. The minimum Gasteiger partial charge on any atom is -0.326 e. The molecule has 0 saturated heterocycles. The highest BCUT2D eigenvalue weighted by molar-refractivity contribution is 6.31. The lowest BCUT2D eigenvalue weighted by Gasteiger charge is -2.12. The van der Waals surface area contributed by atoms with Crippen molar-refractivity contribution < 1.29 is 9.59 Å². The molecule has 0 fully saturated rings. The predicted molar refractivity (Wildman–Crippen MR) is 160 cm³/mol. The van der Waals surface area contributed by atoms with Crippen LogP contribution in [0.3, 0.4) is 0 Å². The lowest BCUT2D eigenvalue weighted by atomic mass is 9.99. The number of nitrogens with zero attached hydrogens (tertiary/aromatic N) is 2. The van der Waals surface area contributed by atoms with Gasteiger partial charge >= 0.3 is 0 Å². The first-order chi connectivity index (χ1) is 19.5. The monoisotopic (exact) mass is 544 g/mol. The van der Waals surface area contributed by atoms with Crippen LogP contribution in [0.5, 0.6) is 0 Å². The van der Waals surface area contributed by atoms with Crippen molar-refractivity contribution in [3.8, 4) is 0 Å². The summed E-state index contributed by atoms with van der Waals surface area (Å²) in [4.78, 5) is 34.9. The van der Waals surface area contributed by atoms with Crippen molar-refractivity contribution in [2.75, 3.05) is 10.6 Å². The number of aromatic nitrogens is 1. The molecule has 2 N–H and O–H groups in total. The first-order valence-corrected chi connectivity index (χ1v) is 13.3. The van der Waals surface area contributed by atoms with Crippen molar-refractivity contribution in [3.63, 3.8) is 0 Å². The largest absolute Gasteiger partial charge is 0.326 e. The summed E-state index contributed by atoms with van der Waals surface area (Å²) < 4.78 is 0. The minimum absolute atomic E-state index is 0.115. The molecule has 1 aromatic heterocycles. The van der Waals surface area contributed by atoms with Gasteiger partial charge in [-0.1, -0.05) is 66.2 Å². The number of amides is 2. The Morgan fingerprint density at radius 1 is 0.850 bits per heavy atom. The molecule has 0 aliphatic carbocycles. The van der Waals surface area contributed by atoms with Crippen LogP contribution < -0.4 is 10.6 Å². The molecule has 7 heteroatoms. The summed E-state index contributed by atoms with van der Waals surface area (Å²) in [7, 11) is 0. The summed E-state index contributed by atoms with van der Waals surface area (Å²) in [6.45, 7) is 0. The van der Waals surface area contributed by atoms with E-state index in [-0.39, 0.29) is 18.2 Å². The second-order valence-corrected chi connectivity index (χ2v) is 10.2. The summed E-state index contributed by atoms with van der Waals surface area (Å²) in [5.41, 5.74) is 5.51. The fraction of sp³-hybridized carbons (Fsp3) is 0.0909. The van der Waals surface area contributed by atoms with E-state index < -0.39 is 6.04 Å². The van der Waals surface area contributed by atoms with Crippen LogP contribution in [0.25, 0.3) is 10.8 Å². The Morgan fingerprint density at radius 3 is 2.42 bits per heavy atom. The number of fused-ring (bicyclic) bond motifs is 2. The van der Waals surface area contributed by atoms with Gasteiger partial charge in [-0.05, 0) is 64.4 Å². The highest BCUT2D eigenvalue weighted by Crippen LogP contribution is 2.29. The Morgan fingerprint density at radius 2 is 1.62 bits per heavy atom. The molecule has 0 bridgehead atoms. The lowest BCUT2D eigenvalue weighted by molar-refractivity contribution is -0.117. The Kier molecular flexibility index (Phi) is 7.08. The van der Waals surface area contributed by atoms with E-state index in [9.17, 15) is 9.59 Å². The maximum Gasteiger partial charge on any atom is 0.249 e. The molecule has 6 rings (SSSR count). The van der Waals surface area contributed by atoms with Crippen molar-refractivity contribution >= 4 is 51.3 Å². The van der Waals surface area contributed by atoms with Gasteiger partial charge in [0.2, 0.25) is 11.8 Å². The number of pyridine rings is 1. The van der Waals surface area contributed by atoms with Crippen LogP contribution in [-0.4, -0.2) is 28.6 Å². The quantitative estimate of drug-likeness (QED) is 0.257. The number of nitrogens with one attached hydrogen (secondary N) is 2. The molecule has 0 spiro atoms. The number of aliphatic imine (C=N–C) groups is 1. The molecule has 196 valence electrons. The molecule has 5 aromatic rings. The van der Waals surface area contributed by atoms with Crippen LogP contribution in [0.2, 0.25) is 5.02 Å². The van der Waals surface area contributed by atoms with Crippen LogP contribution in [0.4, 0.5) is 11.4 Å². The van der Waals surface area contributed by atoms with Crippen LogP contribution >= 0.6 is 11.6 Å². The Balaban J connectivity index is 1.30. The number of halogens is 1. The van der Waals surface area contributed by atoms with Gasteiger partial charge < -0.3 is 10.6 Å². The average molecular weight is 545 g/mol. The number of rotatable bonds is 6. The van der Waals surface area contributed by atoms with Crippen molar-refractivity contribution in [3.05, 3.63) is 137 Å². The molecule has 6 nitrogen and oxygen atoms in total. The molecule has 4 aromatic carbocycles. The van der Waals surface area contributed by atoms with E-state index >= 15 is 0 Å². The molecule has 1 aliphatic rings. The summed E-state index contributed by atoms with van der Waals surface area (Å²) >= 11 is 6.29. The van der Waals surface area contributed by atoms with E-state index in [1.807, 2.05) is 60.7 Å². The number of carbonyl (C=O) groups excluding carboxylic acids is 2. The number of benzodiazepines with no additional fused rings is 1. The summed E-state index contributed by atoms with van der Waals surface area (Å²) in [5, 5.41) is 8.77.